The van der Waals surface area contributed by atoms with E-state index >= 15 is 0 Å². The number of hydrogen-bond donors (Lipinski definition) is 2. The average Bonchev–Trinajstić information content (AvgIpc) is 4.04. The number of nitrogens with zero attached hydrogens (tertiary/aromatic N) is 16. The fourth-order valence-electron chi connectivity index (χ4n) is 8.48. The summed E-state index contributed by atoms with van der Waals surface area (Å²) in [5, 5.41) is 22.3. The van der Waals surface area contributed by atoms with Crippen molar-refractivity contribution in [2.24, 2.45) is 0 Å². The fourth-order valence-corrected chi connectivity index (χ4v) is 8.63. The second-order valence-electron chi connectivity index (χ2n) is 18.0. The van der Waals surface area contributed by atoms with E-state index in [-0.39, 0.29) is 18.4 Å². The Morgan fingerprint density at radius 1 is 0.620 bits per heavy atom. The second kappa shape index (κ2) is 24.2. The Morgan fingerprint density at radius 3 is 1.58 bits per heavy atom. The molecule has 0 bridgehead atoms. The lowest BCUT2D eigenvalue weighted by molar-refractivity contribution is 0.147. The van der Waals surface area contributed by atoms with Gasteiger partial charge in [-0.05, 0) is 87.1 Å². The molecule has 368 valence electrons. The molecular formula is C50H57ClF2N18. The van der Waals surface area contributed by atoms with E-state index in [1.54, 1.807) is 66.3 Å². The summed E-state index contributed by atoms with van der Waals surface area (Å²) in [6, 6.07) is 19.1. The molecular weight excluding hydrogens is 926 g/mol. The zero-order valence-corrected chi connectivity index (χ0v) is 40.7. The molecule has 6 aromatic rings. The van der Waals surface area contributed by atoms with Gasteiger partial charge in [-0.25, -0.2) is 38.7 Å². The largest absolute Gasteiger partial charge is 0.397 e. The minimum absolute atomic E-state index is 0.134. The second-order valence-corrected chi connectivity index (χ2v) is 18.3. The Kier molecular flexibility index (Phi) is 17.1. The molecule has 0 aromatic carbocycles. The maximum absolute atomic E-state index is 13.6. The zero-order chi connectivity index (χ0) is 49.7. The number of anilines is 5. The minimum Gasteiger partial charge on any atom is -0.397 e. The van der Waals surface area contributed by atoms with Crippen molar-refractivity contribution in [1.29, 1.82) is 10.5 Å². The number of hydrogen-bond acceptors (Lipinski definition) is 18. The Bertz CT molecular complexity index is 2780. The topological polar surface area (TPSA) is 208 Å². The van der Waals surface area contributed by atoms with Crippen LogP contribution >= 0.6 is 11.6 Å². The van der Waals surface area contributed by atoms with Crippen LogP contribution in [0, 0.1) is 22.7 Å². The van der Waals surface area contributed by atoms with Crippen LogP contribution in [0.5, 0.6) is 0 Å². The van der Waals surface area contributed by atoms with Crippen LogP contribution in [-0.2, 0) is 13.1 Å². The molecule has 0 amide bonds. The lowest BCUT2D eigenvalue weighted by Gasteiger charge is -2.32. The number of halogens is 3. The summed E-state index contributed by atoms with van der Waals surface area (Å²) in [4.78, 5) is 47.6. The molecule has 2 atom stereocenters. The number of alkyl halides is 2. The van der Waals surface area contributed by atoms with Crippen molar-refractivity contribution in [1.82, 2.24) is 59.5 Å². The van der Waals surface area contributed by atoms with E-state index in [2.05, 4.69) is 91.0 Å². The highest BCUT2D eigenvalue weighted by molar-refractivity contribution is 6.28. The van der Waals surface area contributed by atoms with Crippen LogP contribution in [0.1, 0.15) is 35.4 Å². The summed E-state index contributed by atoms with van der Waals surface area (Å²) >= 11 is 5.76. The number of nitrogen functional groups attached to an aromatic ring is 1. The van der Waals surface area contributed by atoms with E-state index in [1.165, 1.54) is 0 Å². The predicted octanol–water partition coefficient (Wildman–Crippen LogP) is 5.87. The molecule has 0 spiro atoms. The molecule has 3 N–H and O–H groups in total. The molecule has 0 aliphatic carbocycles. The number of nitriles is 2. The number of pyridine rings is 4. The maximum Gasteiger partial charge on any atom is 0.227 e. The number of piperazine rings is 2. The smallest absolute Gasteiger partial charge is 0.227 e. The molecule has 4 fully saturated rings. The van der Waals surface area contributed by atoms with Crippen LogP contribution in [-0.4, -0.2) is 164 Å². The lowest BCUT2D eigenvalue weighted by atomic mass is 10.1. The van der Waals surface area contributed by atoms with Crippen LogP contribution in [0.4, 0.5) is 37.7 Å². The summed E-state index contributed by atoms with van der Waals surface area (Å²) in [5.74, 6) is 1.46. The van der Waals surface area contributed by atoms with Gasteiger partial charge < -0.3 is 30.7 Å². The van der Waals surface area contributed by atoms with Gasteiger partial charge >= 0.3 is 0 Å². The number of aromatic nitrogens is 8. The number of nitrogens with two attached hydrogens (primary N) is 1. The number of nitrogens with one attached hydrogen (secondary N) is 1. The number of likely N-dealkylation sites (N-methyl/N-ethyl adjacent to an activating group) is 2. The summed E-state index contributed by atoms with van der Waals surface area (Å²) < 4.78 is 26.9. The van der Waals surface area contributed by atoms with Crippen molar-refractivity contribution in [2.75, 3.05) is 113 Å². The molecule has 4 saturated heterocycles. The van der Waals surface area contributed by atoms with Gasteiger partial charge in [0, 0.05) is 114 Å². The molecule has 0 unspecified atom stereocenters. The first kappa shape index (κ1) is 50.3. The highest BCUT2D eigenvalue weighted by atomic mass is 35.5. The Morgan fingerprint density at radius 2 is 1.13 bits per heavy atom. The van der Waals surface area contributed by atoms with Crippen molar-refractivity contribution < 1.29 is 8.78 Å². The van der Waals surface area contributed by atoms with Gasteiger partial charge in [-0.2, -0.15) is 10.5 Å². The Labute approximate surface area is 417 Å². The maximum atomic E-state index is 13.6. The van der Waals surface area contributed by atoms with E-state index in [4.69, 9.17) is 17.3 Å². The normalized spacial score (nSPS) is 18.7. The minimum atomic E-state index is -0.881. The average molecular weight is 984 g/mol. The molecule has 71 heavy (non-hydrogen) atoms. The van der Waals surface area contributed by atoms with Gasteiger partial charge in [-0.1, -0.05) is 0 Å². The summed E-state index contributed by atoms with van der Waals surface area (Å²) in [6.07, 6.45) is 9.19. The summed E-state index contributed by atoms with van der Waals surface area (Å²) in [6.45, 7) is 12.3. The summed E-state index contributed by atoms with van der Waals surface area (Å²) in [7, 11) is 4.32. The lowest BCUT2D eigenvalue weighted by Crippen LogP contribution is -2.43. The van der Waals surface area contributed by atoms with Gasteiger partial charge in [0.25, 0.3) is 0 Å². The first-order chi connectivity index (χ1) is 34.5. The van der Waals surface area contributed by atoms with Gasteiger partial charge in [-0.3, -0.25) is 19.8 Å². The third-order valence-corrected chi connectivity index (χ3v) is 12.8. The first-order valence-corrected chi connectivity index (χ1v) is 24.0. The standard InChI is InChI=1S/C25H28FN9.C14H11ClFN5.C11H18N4/c1-33-8-10-34(11-9-33)17-22-3-2-21(15-29-22)31-25-28-6-4-23(32-25)19-12-18(13-27)24(30-14-19)35-7-5-20(26)16-35;15-14-18-3-1-12(20-14)10-5-9(6-17)13(19-7-10)21-4-2-11(16)8-21;1-14-4-6-15(7-5-14)9-11-3-2-10(12)8-13-11/h2-4,6,12,14-15,20H,5,7-11,16-17H2,1H3,(H,28,31,32);1,3,5,7,11H,2,4,8H2;2-3,8H,4-7,9,12H2,1H3/t20-;11-;/m00./s1. The monoisotopic (exact) mass is 982 g/mol. The molecule has 4 aliphatic heterocycles. The fraction of sp³-hybridized carbons (Fsp3) is 0.400. The highest BCUT2D eigenvalue weighted by Gasteiger charge is 2.27. The van der Waals surface area contributed by atoms with Crippen LogP contribution in [0.25, 0.3) is 22.5 Å². The Hall–Kier alpha value is -7.07. The third-order valence-electron chi connectivity index (χ3n) is 12.6. The molecule has 10 heterocycles. The van der Waals surface area contributed by atoms with Crippen molar-refractivity contribution >= 4 is 40.6 Å². The van der Waals surface area contributed by atoms with Crippen molar-refractivity contribution in [3.63, 3.8) is 0 Å². The molecule has 18 nitrogen and oxygen atoms in total. The quantitative estimate of drug-likeness (QED) is 0.154. The molecule has 4 aliphatic rings. The third kappa shape index (κ3) is 14.1. The molecule has 10 rings (SSSR count). The van der Waals surface area contributed by atoms with Crippen molar-refractivity contribution in [2.45, 2.75) is 38.3 Å². The van der Waals surface area contributed by atoms with E-state index in [0.29, 0.717) is 77.2 Å². The van der Waals surface area contributed by atoms with Gasteiger partial charge in [0.1, 0.15) is 36.1 Å². The molecule has 21 heteroatoms. The van der Waals surface area contributed by atoms with E-state index in [1.807, 2.05) is 29.2 Å². The van der Waals surface area contributed by atoms with E-state index < -0.39 is 12.3 Å². The van der Waals surface area contributed by atoms with E-state index in [0.717, 1.165) is 88.2 Å². The van der Waals surface area contributed by atoms with Gasteiger partial charge in [0.15, 0.2) is 0 Å². The van der Waals surface area contributed by atoms with Crippen molar-refractivity contribution in [3.8, 4) is 34.7 Å². The first-order valence-electron chi connectivity index (χ1n) is 23.6. The van der Waals surface area contributed by atoms with Gasteiger partial charge in [0.05, 0.1) is 70.8 Å². The zero-order valence-electron chi connectivity index (χ0n) is 39.9. The van der Waals surface area contributed by atoms with Crippen LogP contribution in [0.3, 0.4) is 0 Å². The highest BCUT2D eigenvalue weighted by Crippen LogP contribution is 2.29. The predicted molar refractivity (Wildman–Crippen MR) is 270 cm³/mol. The van der Waals surface area contributed by atoms with Gasteiger partial charge in [-0.15, -0.1) is 0 Å². The van der Waals surface area contributed by atoms with E-state index in [9.17, 15) is 19.3 Å². The SMILES string of the molecule is CN1CCN(Cc2ccc(N)cn2)CC1.CN1CCN(Cc2ccc(Nc3nccc(-c4cnc(N5CC[C@H](F)C5)c(C#N)c4)n3)cn2)CC1.N#Cc1cc(-c2ccnc(Cl)n2)cnc1N1CC[C@H](F)C1. The number of rotatable bonds is 10. The van der Waals surface area contributed by atoms with Crippen LogP contribution < -0.4 is 20.9 Å². The van der Waals surface area contributed by atoms with Crippen LogP contribution in [0.15, 0.2) is 85.7 Å². The molecule has 0 saturated carbocycles. The van der Waals surface area contributed by atoms with Crippen LogP contribution in [0.2, 0.25) is 5.28 Å². The Balaban J connectivity index is 0.000000159. The summed E-state index contributed by atoms with van der Waals surface area (Å²) in [5.41, 5.74) is 12.7. The van der Waals surface area contributed by atoms with Crippen molar-refractivity contribution in [3.05, 3.63) is 114 Å². The van der Waals surface area contributed by atoms with Gasteiger partial charge in [0.2, 0.25) is 11.2 Å². The molecule has 0 radical (unpaired) electrons. The molecule has 6 aromatic heterocycles.